The fourth-order valence-corrected chi connectivity index (χ4v) is 3.22. The van der Waals surface area contributed by atoms with Crippen LogP contribution in [0.3, 0.4) is 0 Å². The summed E-state index contributed by atoms with van der Waals surface area (Å²) in [7, 11) is 0. The van der Waals surface area contributed by atoms with Gasteiger partial charge in [0.25, 0.3) is 0 Å². The van der Waals surface area contributed by atoms with E-state index >= 15 is 0 Å². The van der Waals surface area contributed by atoms with E-state index in [4.69, 9.17) is 4.74 Å². The molecule has 2 rings (SSSR count). The zero-order valence-electron chi connectivity index (χ0n) is 19.2. The van der Waals surface area contributed by atoms with Gasteiger partial charge in [-0.1, -0.05) is 19.9 Å². The summed E-state index contributed by atoms with van der Waals surface area (Å²) in [6, 6.07) is 8.71. The Bertz CT molecular complexity index is 796. The van der Waals surface area contributed by atoms with Gasteiger partial charge in [-0.25, -0.2) is 9.38 Å². The fourth-order valence-electron chi connectivity index (χ4n) is 3.22. The summed E-state index contributed by atoms with van der Waals surface area (Å²) in [5.41, 5.74) is 0.780. The average Bonchev–Trinajstić information content (AvgIpc) is 2.77. The van der Waals surface area contributed by atoms with Crippen LogP contribution in [0.1, 0.15) is 46.1 Å². The summed E-state index contributed by atoms with van der Waals surface area (Å²) in [5.74, 6) is 1.00. The van der Waals surface area contributed by atoms with E-state index in [1.807, 2.05) is 13.0 Å². The number of ether oxygens (including phenoxy) is 1. The van der Waals surface area contributed by atoms with Gasteiger partial charge in [-0.2, -0.15) is 0 Å². The molecule has 0 aliphatic heterocycles. The topological polar surface area (TPSA) is 61.8 Å². The molecule has 2 aromatic rings. The summed E-state index contributed by atoms with van der Waals surface area (Å²) in [5, 5.41) is 6.72. The monoisotopic (exact) mass is 429 g/mol. The number of nitrogens with one attached hydrogen (secondary N) is 2. The SMILES string of the molecule is CCNC(=NCc1ccc(Oc2cccnc2)c(F)c1)NC(C)CCCN(CC)CC. The third kappa shape index (κ3) is 8.92. The predicted octanol–water partition coefficient (Wildman–Crippen LogP) is 4.58. The maximum absolute atomic E-state index is 14.5. The van der Waals surface area contributed by atoms with Gasteiger partial charge in [0.15, 0.2) is 17.5 Å². The average molecular weight is 430 g/mol. The third-order valence-electron chi connectivity index (χ3n) is 5.01. The highest BCUT2D eigenvalue weighted by molar-refractivity contribution is 5.80. The van der Waals surface area contributed by atoms with Crippen LogP contribution in [-0.2, 0) is 6.54 Å². The largest absolute Gasteiger partial charge is 0.453 e. The Balaban J connectivity index is 1.91. The zero-order valence-corrected chi connectivity index (χ0v) is 19.2. The Morgan fingerprint density at radius 2 is 2.03 bits per heavy atom. The molecule has 1 heterocycles. The molecule has 0 amide bonds. The molecule has 0 bridgehead atoms. The van der Waals surface area contributed by atoms with E-state index < -0.39 is 5.82 Å². The van der Waals surface area contributed by atoms with Gasteiger partial charge < -0.3 is 20.3 Å². The number of nitrogens with zero attached hydrogens (tertiary/aromatic N) is 3. The smallest absolute Gasteiger partial charge is 0.191 e. The third-order valence-corrected chi connectivity index (χ3v) is 5.01. The quantitative estimate of drug-likeness (QED) is 0.382. The van der Waals surface area contributed by atoms with Crippen LogP contribution < -0.4 is 15.4 Å². The van der Waals surface area contributed by atoms with E-state index in [1.165, 1.54) is 6.07 Å². The van der Waals surface area contributed by atoms with Gasteiger partial charge in [0.05, 0.1) is 12.7 Å². The lowest BCUT2D eigenvalue weighted by Gasteiger charge is -2.21. The van der Waals surface area contributed by atoms with Crippen molar-refractivity contribution < 1.29 is 9.13 Å². The molecule has 31 heavy (non-hydrogen) atoms. The van der Waals surface area contributed by atoms with Gasteiger partial charge in [-0.05, 0) is 76.2 Å². The van der Waals surface area contributed by atoms with Gasteiger partial charge in [0.2, 0.25) is 0 Å². The van der Waals surface area contributed by atoms with E-state index in [1.54, 1.807) is 30.6 Å². The normalized spacial score (nSPS) is 12.6. The first-order chi connectivity index (χ1) is 15.0. The number of pyridine rings is 1. The van der Waals surface area contributed by atoms with Crippen molar-refractivity contribution in [3.63, 3.8) is 0 Å². The second kappa shape index (κ2) is 13.6. The van der Waals surface area contributed by atoms with Crippen molar-refractivity contribution in [3.05, 3.63) is 54.1 Å². The standard InChI is InChI=1S/C24H36FN5O/c1-5-27-24(29-19(4)10-9-15-30(6-2)7-3)28-17-20-12-13-23(22(25)16-20)31-21-11-8-14-26-18-21/h8,11-14,16,18-19H,5-7,9-10,15,17H2,1-4H3,(H2,27,28,29). The minimum absolute atomic E-state index is 0.174. The highest BCUT2D eigenvalue weighted by Crippen LogP contribution is 2.24. The number of hydrogen-bond acceptors (Lipinski definition) is 4. The van der Waals surface area contributed by atoms with Gasteiger partial charge >= 0.3 is 0 Å². The molecule has 0 aliphatic rings. The van der Waals surface area contributed by atoms with Crippen LogP contribution in [0.2, 0.25) is 0 Å². The first kappa shape index (κ1) is 24.6. The number of benzene rings is 1. The minimum Gasteiger partial charge on any atom is -0.453 e. The highest BCUT2D eigenvalue weighted by atomic mass is 19.1. The van der Waals surface area contributed by atoms with Crippen molar-refractivity contribution in [2.24, 2.45) is 4.99 Å². The van der Waals surface area contributed by atoms with Crippen molar-refractivity contribution in [2.45, 2.75) is 53.1 Å². The molecular formula is C24H36FN5O. The second-order valence-corrected chi connectivity index (χ2v) is 7.47. The minimum atomic E-state index is -0.417. The van der Waals surface area contributed by atoms with Gasteiger partial charge in [-0.3, -0.25) is 4.98 Å². The summed E-state index contributed by atoms with van der Waals surface area (Å²) >= 11 is 0. The molecule has 0 radical (unpaired) electrons. The fraction of sp³-hybridized carbons (Fsp3) is 0.500. The molecule has 6 nitrogen and oxygen atoms in total. The molecule has 0 aliphatic carbocycles. The number of aliphatic imine (C=N–C) groups is 1. The second-order valence-electron chi connectivity index (χ2n) is 7.47. The zero-order chi connectivity index (χ0) is 22.5. The Morgan fingerprint density at radius 3 is 2.68 bits per heavy atom. The molecule has 0 fully saturated rings. The van der Waals surface area contributed by atoms with E-state index in [9.17, 15) is 4.39 Å². The lowest BCUT2D eigenvalue weighted by Crippen LogP contribution is -2.42. The molecule has 1 atom stereocenters. The maximum atomic E-state index is 14.5. The van der Waals surface area contributed by atoms with E-state index in [0.717, 1.165) is 50.5 Å². The Morgan fingerprint density at radius 1 is 1.23 bits per heavy atom. The molecule has 0 spiro atoms. The molecule has 0 saturated carbocycles. The van der Waals surface area contributed by atoms with E-state index in [2.05, 4.69) is 46.3 Å². The van der Waals surface area contributed by atoms with E-state index in [0.29, 0.717) is 18.3 Å². The molecule has 170 valence electrons. The Hall–Kier alpha value is -2.67. The lowest BCUT2D eigenvalue weighted by atomic mass is 10.2. The van der Waals surface area contributed by atoms with Gasteiger partial charge in [0.1, 0.15) is 5.75 Å². The summed E-state index contributed by atoms with van der Waals surface area (Å²) in [6.45, 7) is 13.0. The Labute approximate surface area is 185 Å². The summed E-state index contributed by atoms with van der Waals surface area (Å²) in [6.07, 6.45) is 5.40. The molecule has 0 saturated heterocycles. The number of hydrogen-bond donors (Lipinski definition) is 2. The summed E-state index contributed by atoms with van der Waals surface area (Å²) in [4.78, 5) is 11.0. The van der Waals surface area contributed by atoms with Crippen LogP contribution in [0, 0.1) is 5.82 Å². The van der Waals surface area contributed by atoms with Gasteiger partial charge in [0, 0.05) is 18.8 Å². The van der Waals surface area contributed by atoms with Crippen LogP contribution in [0.15, 0.2) is 47.7 Å². The first-order valence-corrected chi connectivity index (χ1v) is 11.2. The highest BCUT2D eigenvalue weighted by Gasteiger charge is 2.09. The van der Waals surface area contributed by atoms with Crippen LogP contribution >= 0.6 is 0 Å². The summed E-state index contributed by atoms with van der Waals surface area (Å²) < 4.78 is 20.0. The van der Waals surface area contributed by atoms with Crippen LogP contribution in [-0.4, -0.2) is 48.1 Å². The van der Waals surface area contributed by atoms with Crippen molar-refractivity contribution in [1.29, 1.82) is 0 Å². The molecule has 7 heteroatoms. The van der Waals surface area contributed by atoms with Crippen LogP contribution in [0.25, 0.3) is 0 Å². The van der Waals surface area contributed by atoms with Crippen molar-refractivity contribution >= 4 is 5.96 Å². The number of rotatable bonds is 12. The number of aromatic nitrogens is 1. The molecule has 1 aromatic carbocycles. The maximum Gasteiger partial charge on any atom is 0.191 e. The van der Waals surface area contributed by atoms with Crippen LogP contribution in [0.4, 0.5) is 4.39 Å². The Kier molecular flexibility index (Phi) is 10.8. The molecule has 1 unspecified atom stereocenters. The number of guanidine groups is 1. The van der Waals surface area contributed by atoms with Crippen molar-refractivity contribution in [1.82, 2.24) is 20.5 Å². The van der Waals surface area contributed by atoms with Crippen molar-refractivity contribution in [3.8, 4) is 11.5 Å². The van der Waals surface area contributed by atoms with Gasteiger partial charge in [-0.15, -0.1) is 0 Å². The first-order valence-electron chi connectivity index (χ1n) is 11.2. The number of halogens is 1. The molecule has 1 aromatic heterocycles. The lowest BCUT2D eigenvalue weighted by molar-refractivity contribution is 0.292. The van der Waals surface area contributed by atoms with E-state index in [-0.39, 0.29) is 5.75 Å². The van der Waals surface area contributed by atoms with Crippen LogP contribution in [0.5, 0.6) is 11.5 Å². The molecule has 2 N–H and O–H groups in total. The predicted molar refractivity (Wildman–Crippen MR) is 125 cm³/mol. The van der Waals surface area contributed by atoms with Crippen molar-refractivity contribution in [2.75, 3.05) is 26.2 Å². The molecular weight excluding hydrogens is 393 g/mol.